The minimum atomic E-state index is -0.734. The number of aliphatic carboxylic acids is 5. The number of carbonyl (C=O) groups excluding carboxylic acids is 2. The molecule has 134 heavy (non-hydrogen) atoms. The summed E-state index contributed by atoms with van der Waals surface area (Å²) in [5, 5.41) is 71.0. The molecular formula is C111H176N8O15. The van der Waals surface area contributed by atoms with E-state index < -0.39 is 41.7 Å². The Labute approximate surface area is 807 Å². The van der Waals surface area contributed by atoms with E-state index in [9.17, 15) is 44.1 Å². The minimum Gasteiger partial charge on any atom is -0.493 e. The van der Waals surface area contributed by atoms with Gasteiger partial charge in [0.15, 0.2) is 0 Å². The van der Waals surface area contributed by atoms with Crippen molar-refractivity contribution in [2.45, 2.75) is 402 Å². The van der Waals surface area contributed by atoms with Crippen LogP contribution in [0.1, 0.15) is 413 Å². The maximum absolute atomic E-state index is 14.0. The van der Waals surface area contributed by atoms with Crippen molar-refractivity contribution in [3.63, 3.8) is 0 Å². The van der Waals surface area contributed by atoms with Gasteiger partial charge in [-0.1, -0.05) is 265 Å². The van der Waals surface area contributed by atoms with Gasteiger partial charge in [0.2, 0.25) is 0 Å². The molecule has 0 aliphatic heterocycles. The van der Waals surface area contributed by atoms with Crippen LogP contribution >= 0.6 is 0 Å². The number of unbranched alkanes of at least 4 members (excludes halogenated alkanes) is 41. The normalized spacial score (nSPS) is 11.5. The summed E-state index contributed by atoms with van der Waals surface area (Å²) in [6.45, 7) is 23.8. The van der Waals surface area contributed by atoms with E-state index >= 15 is 0 Å². The van der Waals surface area contributed by atoms with Gasteiger partial charge in [0.1, 0.15) is 40.5 Å². The summed E-state index contributed by atoms with van der Waals surface area (Å²) in [7, 11) is 0. The number of rotatable bonds is 85. The molecule has 1 atom stereocenters. The highest BCUT2D eigenvalue weighted by molar-refractivity contribution is 6.11. The van der Waals surface area contributed by atoms with Crippen LogP contribution in [-0.4, -0.2) is 139 Å². The summed E-state index contributed by atoms with van der Waals surface area (Å²) in [5.41, 5.74) is 6.72. The Kier molecular flexibility index (Phi) is 69.3. The molecule has 0 bridgehead atoms. The fourth-order valence-corrected chi connectivity index (χ4v) is 16.9. The van der Waals surface area contributed by atoms with Crippen molar-refractivity contribution >= 4 is 87.9 Å². The average molecular weight is 1860 g/mol. The summed E-state index contributed by atoms with van der Waals surface area (Å²) in [4.78, 5) is 91.0. The topological polar surface area (TPSA) is 333 Å². The molecule has 7 N–H and O–H groups in total. The molecule has 0 spiro atoms. The van der Waals surface area contributed by atoms with E-state index in [-0.39, 0.29) is 43.3 Å². The highest BCUT2D eigenvalue weighted by atomic mass is 16.5. The number of carboxylic acids is 5. The first-order chi connectivity index (χ1) is 65.2. The number of nitrogens with one attached hydrogen (secondary N) is 2. The quantitative estimate of drug-likeness (QED) is 0.0123. The Balaban J connectivity index is 0.000000705. The SMILES string of the molecule is CCCCC(CC)COc1cc(N(CC)CC)ccc1/C=C(\C#N)C(=O)Nc1ccc(N(CCCCCCCCCCC(=O)O)CCCCCCCCCCC(=O)O)c(OCCCCCCCCCCC(=O)O)c1.CCCCCCCCOc1cc(N(CC)CC)ccc1/C=C(\C#N)C(=O)Nc1ccc(N(CCCCCCCCCCC(=O)O)CCCCCCCCCCC(=O)O)cc1. The zero-order valence-corrected chi connectivity index (χ0v) is 83.9. The van der Waals surface area contributed by atoms with Gasteiger partial charge >= 0.3 is 29.8 Å². The van der Waals surface area contributed by atoms with Crippen LogP contribution in [0.2, 0.25) is 0 Å². The van der Waals surface area contributed by atoms with Crippen LogP contribution in [0, 0.1) is 28.6 Å². The molecule has 4 rings (SSSR count). The molecule has 0 aromatic heterocycles. The van der Waals surface area contributed by atoms with Crippen LogP contribution < -0.4 is 44.4 Å². The summed E-state index contributed by atoms with van der Waals surface area (Å²) in [5.74, 6) is -2.14. The zero-order chi connectivity index (χ0) is 97.7. The van der Waals surface area contributed by atoms with Gasteiger partial charge in [-0.25, -0.2) is 0 Å². The minimum absolute atomic E-state index is 0.0150. The maximum Gasteiger partial charge on any atom is 0.303 e. The number of carbonyl (C=O) groups is 7. The van der Waals surface area contributed by atoms with Gasteiger partial charge in [0.05, 0.1) is 25.5 Å². The molecule has 0 saturated heterocycles. The lowest BCUT2D eigenvalue weighted by Crippen LogP contribution is -2.26. The Bertz CT molecular complexity index is 3910. The number of nitrogens with zero attached hydrogens (tertiary/aromatic N) is 6. The second-order valence-corrected chi connectivity index (χ2v) is 36.3. The van der Waals surface area contributed by atoms with E-state index in [1.807, 2.05) is 66.7 Å². The van der Waals surface area contributed by atoms with Crippen molar-refractivity contribution in [2.75, 3.05) is 102 Å². The molecule has 0 aliphatic rings. The summed E-state index contributed by atoms with van der Waals surface area (Å²) in [6.07, 6.45) is 57.3. The third-order valence-electron chi connectivity index (χ3n) is 25.2. The Morgan fingerprint density at radius 3 is 0.955 bits per heavy atom. The lowest BCUT2D eigenvalue weighted by Gasteiger charge is -2.28. The zero-order valence-electron chi connectivity index (χ0n) is 83.9. The number of hydrogen-bond acceptors (Lipinski definition) is 16. The lowest BCUT2D eigenvalue weighted by molar-refractivity contribution is -0.138. The number of benzene rings is 4. The molecule has 0 radical (unpaired) electrons. The number of hydrogen-bond donors (Lipinski definition) is 7. The van der Waals surface area contributed by atoms with E-state index in [2.05, 4.69) is 103 Å². The molecule has 0 heterocycles. The molecule has 23 nitrogen and oxygen atoms in total. The fraction of sp³-hybridized carbons (Fsp3) is 0.667. The monoisotopic (exact) mass is 1860 g/mol. The number of amides is 2. The second-order valence-electron chi connectivity index (χ2n) is 36.3. The van der Waals surface area contributed by atoms with Gasteiger partial charge in [-0.3, -0.25) is 33.6 Å². The average Bonchev–Trinajstić information content (AvgIpc) is 0.929. The van der Waals surface area contributed by atoms with E-state index in [0.717, 1.165) is 345 Å². The van der Waals surface area contributed by atoms with Gasteiger partial charge in [0, 0.05) is 142 Å². The van der Waals surface area contributed by atoms with E-state index in [4.69, 9.17) is 39.7 Å². The summed E-state index contributed by atoms with van der Waals surface area (Å²) >= 11 is 0. The standard InChI is InChI=1S/C61H98N4O9.C50H78N4O6/c1-5-9-34-50(6-2)49-74-56-47-54(64(7-3)8-4)40-38-51(56)45-52(48-62)61(72)63-53-39-41-55(57(46-53)73-44-33-27-21-15-12-18-24-30-37-60(70)71)65(42-31-25-19-13-10-16-22-28-35-58(66)67)43-32-26-20-14-11-17-23-29-36-59(68)69;1-4-7-8-9-22-27-38-60-47-40-46(53(5-2)6-3)33-30-42(47)39-43(41-51)50(59)52-44-31-34-45(35-32-44)54(36-25-20-16-12-10-14-18-23-28-48(55)56)37-26-21-17-13-11-15-19-24-29-49(57)58/h38-41,45-47,50H,5-37,42-44,49H2,1-4H3,(H,63,72)(H,66,67)(H,68,69)(H,70,71);30-35,39-40H,4-29,36-38H2,1-3H3,(H,52,59)(H,55,56)(H,57,58)/b52-45+;43-39+. The number of anilines is 6. The lowest BCUT2D eigenvalue weighted by atomic mass is 10.0. The fourth-order valence-electron chi connectivity index (χ4n) is 16.9. The second kappa shape index (κ2) is 78.4. The molecule has 1 unspecified atom stereocenters. The predicted octanol–water partition coefficient (Wildman–Crippen LogP) is 28.5. The van der Waals surface area contributed by atoms with Gasteiger partial charge < -0.3 is 70.0 Å². The first-order valence-electron chi connectivity index (χ1n) is 52.5. The Hall–Kier alpha value is -9.77. The molecule has 4 aromatic carbocycles. The third kappa shape index (κ3) is 57.2. The molecular weight excluding hydrogens is 1690 g/mol. The van der Waals surface area contributed by atoms with Crippen molar-refractivity contribution < 1.29 is 73.3 Å². The number of ether oxygens (including phenoxy) is 3. The molecule has 4 aromatic rings. The highest BCUT2D eigenvalue weighted by Gasteiger charge is 2.21. The first kappa shape index (κ1) is 118. The van der Waals surface area contributed by atoms with Gasteiger partial charge in [-0.05, 0) is 183 Å². The first-order valence-corrected chi connectivity index (χ1v) is 52.5. The molecule has 0 saturated carbocycles. The Morgan fingerprint density at radius 1 is 0.321 bits per heavy atom. The molecule has 2 amide bonds. The summed E-state index contributed by atoms with van der Waals surface area (Å²) < 4.78 is 19.5. The number of carboxylic acid groups (broad SMARTS) is 5. The van der Waals surface area contributed by atoms with Crippen LogP contribution in [-0.2, 0) is 33.6 Å². The van der Waals surface area contributed by atoms with Crippen molar-refractivity contribution in [2.24, 2.45) is 5.92 Å². The molecule has 23 heteroatoms. The molecule has 750 valence electrons. The van der Waals surface area contributed by atoms with Gasteiger partial charge in [-0.15, -0.1) is 0 Å². The van der Waals surface area contributed by atoms with Crippen molar-refractivity contribution in [3.05, 3.63) is 101 Å². The smallest absolute Gasteiger partial charge is 0.303 e. The van der Waals surface area contributed by atoms with Crippen molar-refractivity contribution in [1.82, 2.24) is 0 Å². The van der Waals surface area contributed by atoms with Crippen LogP contribution in [0.4, 0.5) is 34.1 Å². The van der Waals surface area contributed by atoms with Gasteiger partial charge in [-0.2, -0.15) is 10.5 Å². The van der Waals surface area contributed by atoms with Crippen molar-refractivity contribution in [3.8, 4) is 29.4 Å². The predicted molar refractivity (Wildman–Crippen MR) is 551 cm³/mol. The van der Waals surface area contributed by atoms with Crippen LogP contribution in [0.5, 0.6) is 17.2 Å². The summed E-state index contributed by atoms with van der Waals surface area (Å²) in [6, 6.07) is 30.0. The van der Waals surface area contributed by atoms with Gasteiger partial charge in [0.25, 0.3) is 11.8 Å². The van der Waals surface area contributed by atoms with E-state index in [1.165, 1.54) is 51.4 Å². The largest absolute Gasteiger partial charge is 0.493 e. The third-order valence-corrected chi connectivity index (χ3v) is 25.2. The highest BCUT2D eigenvalue weighted by Crippen LogP contribution is 2.36. The maximum atomic E-state index is 14.0. The van der Waals surface area contributed by atoms with Crippen molar-refractivity contribution in [1.29, 1.82) is 10.5 Å². The van der Waals surface area contributed by atoms with E-state index in [0.29, 0.717) is 65.5 Å². The van der Waals surface area contributed by atoms with Crippen LogP contribution in [0.25, 0.3) is 12.2 Å². The van der Waals surface area contributed by atoms with E-state index in [1.54, 1.807) is 12.2 Å². The molecule has 0 aliphatic carbocycles. The van der Waals surface area contributed by atoms with Crippen LogP contribution in [0.3, 0.4) is 0 Å². The Morgan fingerprint density at radius 2 is 0.619 bits per heavy atom. The molecule has 0 fully saturated rings. The number of nitriles is 2. The van der Waals surface area contributed by atoms with Crippen LogP contribution in [0.15, 0.2) is 90.0 Å².